The molecule has 1 N–H and O–H groups in total. The highest BCUT2D eigenvalue weighted by molar-refractivity contribution is 5.66. The van der Waals surface area contributed by atoms with Crippen molar-refractivity contribution in [3.8, 4) is 0 Å². The van der Waals surface area contributed by atoms with Crippen LogP contribution in [0, 0.1) is 16.0 Å². The number of carboxylic acid groups (broad SMARTS) is 1. The number of rotatable bonds is 4. The average Bonchev–Trinajstić information content (AvgIpc) is 2.92. The fourth-order valence-corrected chi connectivity index (χ4v) is 2.73. The fraction of sp³-hybridized carbons (Fsp3) is 0.286. The lowest BCUT2D eigenvalue weighted by atomic mass is 9.87. The van der Waals surface area contributed by atoms with Crippen molar-refractivity contribution in [1.29, 1.82) is 0 Å². The van der Waals surface area contributed by atoms with Crippen molar-refractivity contribution in [2.45, 2.75) is 6.04 Å². The third kappa shape index (κ3) is 2.50. The number of aromatic nitrogens is 2. The summed E-state index contributed by atoms with van der Waals surface area (Å²) in [7, 11) is 0. The zero-order chi connectivity index (χ0) is 15.7. The van der Waals surface area contributed by atoms with Gasteiger partial charge in [-0.25, -0.2) is 4.79 Å². The Hall–Kier alpha value is -2.90. The molecular weight excluding hydrogens is 288 g/mol. The van der Waals surface area contributed by atoms with E-state index in [0.717, 1.165) is 5.56 Å². The van der Waals surface area contributed by atoms with Crippen molar-refractivity contribution in [3.63, 3.8) is 0 Å². The van der Waals surface area contributed by atoms with E-state index in [4.69, 9.17) is 5.11 Å². The quantitative estimate of drug-likeness (QED) is 0.687. The second kappa shape index (κ2) is 5.47. The highest BCUT2D eigenvalue weighted by Crippen LogP contribution is 2.33. The Morgan fingerprint density at radius 3 is 2.59 bits per heavy atom. The van der Waals surface area contributed by atoms with Gasteiger partial charge < -0.3 is 10.0 Å². The first-order valence-corrected chi connectivity index (χ1v) is 6.77. The van der Waals surface area contributed by atoms with E-state index in [1.807, 2.05) is 30.3 Å². The molecule has 0 saturated carbocycles. The van der Waals surface area contributed by atoms with Crippen LogP contribution in [0.2, 0.25) is 0 Å². The number of hydrogen-bond donors (Lipinski definition) is 1. The van der Waals surface area contributed by atoms with E-state index in [2.05, 4.69) is 5.10 Å². The molecule has 8 heteroatoms. The van der Waals surface area contributed by atoms with E-state index in [-0.39, 0.29) is 17.6 Å². The highest BCUT2D eigenvalue weighted by atomic mass is 16.6. The summed E-state index contributed by atoms with van der Waals surface area (Å²) in [5.74, 6) is 0.0398. The first kappa shape index (κ1) is 14.1. The smallest absolute Gasteiger partial charge is 0.407 e. The zero-order valence-corrected chi connectivity index (χ0v) is 11.6. The number of hydrogen-bond acceptors (Lipinski definition) is 4. The number of benzene rings is 1. The molecular formula is C14H14N4O4. The summed E-state index contributed by atoms with van der Waals surface area (Å²) in [4.78, 5) is 22.6. The summed E-state index contributed by atoms with van der Waals surface area (Å²) in [6.07, 6.45) is 1.65. The second-order valence-electron chi connectivity index (χ2n) is 5.24. The van der Waals surface area contributed by atoms with Gasteiger partial charge in [-0.2, -0.15) is 5.10 Å². The van der Waals surface area contributed by atoms with Gasteiger partial charge in [-0.15, -0.1) is 0 Å². The topological polar surface area (TPSA) is 102 Å². The molecule has 2 heterocycles. The molecule has 0 aliphatic carbocycles. The number of nitrogens with zero attached hydrogens (tertiary/aromatic N) is 4. The molecule has 114 valence electrons. The van der Waals surface area contributed by atoms with Gasteiger partial charge in [-0.3, -0.25) is 14.8 Å². The van der Waals surface area contributed by atoms with Crippen LogP contribution in [-0.4, -0.2) is 43.9 Å². The Morgan fingerprint density at radius 1 is 1.36 bits per heavy atom. The highest BCUT2D eigenvalue weighted by Gasteiger charge is 2.38. The largest absolute Gasteiger partial charge is 0.465 e. The van der Waals surface area contributed by atoms with E-state index in [9.17, 15) is 14.9 Å². The monoisotopic (exact) mass is 302 g/mol. The minimum atomic E-state index is -0.950. The number of carbonyl (C=O) groups is 1. The second-order valence-corrected chi connectivity index (χ2v) is 5.24. The Bertz CT molecular complexity index is 694. The van der Waals surface area contributed by atoms with E-state index in [1.54, 1.807) is 4.68 Å². The Kier molecular flexibility index (Phi) is 3.50. The zero-order valence-electron chi connectivity index (χ0n) is 11.6. The van der Waals surface area contributed by atoms with Crippen molar-refractivity contribution < 1.29 is 14.8 Å². The van der Waals surface area contributed by atoms with Crippen molar-refractivity contribution in [3.05, 3.63) is 58.4 Å². The van der Waals surface area contributed by atoms with Gasteiger partial charge in [0.25, 0.3) is 0 Å². The van der Waals surface area contributed by atoms with Crippen LogP contribution in [-0.2, 0) is 0 Å². The summed E-state index contributed by atoms with van der Waals surface area (Å²) < 4.78 is 1.55. The molecule has 1 aromatic carbocycles. The van der Waals surface area contributed by atoms with Crippen LogP contribution in [0.15, 0.2) is 42.7 Å². The molecule has 0 radical (unpaired) electrons. The molecule has 0 bridgehead atoms. The molecule has 1 saturated heterocycles. The normalized spacial score (nSPS) is 16.1. The van der Waals surface area contributed by atoms with Crippen molar-refractivity contribution >= 4 is 11.8 Å². The first-order chi connectivity index (χ1) is 10.6. The van der Waals surface area contributed by atoms with Crippen LogP contribution in [0.4, 0.5) is 10.5 Å². The van der Waals surface area contributed by atoms with Gasteiger partial charge in [0.1, 0.15) is 12.4 Å². The summed E-state index contributed by atoms with van der Waals surface area (Å²) in [5, 5.41) is 23.9. The van der Waals surface area contributed by atoms with Crippen LogP contribution >= 0.6 is 0 Å². The predicted molar refractivity (Wildman–Crippen MR) is 76.6 cm³/mol. The van der Waals surface area contributed by atoms with Gasteiger partial charge in [0.05, 0.1) is 11.0 Å². The molecule has 0 spiro atoms. The standard InChI is InChI=1S/C14H14N4O4/c19-14(20)16-7-11(8-16)13(10-4-2-1-3-5-10)17-9-12(6-15-17)18(21)22/h1-6,9,11,13H,7-8H2,(H,19,20)/t13-/m0/s1. The summed E-state index contributed by atoms with van der Waals surface area (Å²) in [6, 6.07) is 9.27. The Labute approximate surface area is 125 Å². The molecule has 3 rings (SSSR count). The molecule has 1 aliphatic rings. The van der Waals surface area contributed by atoms with E-state index >= 15 is 0 Å². The van der Waals surface area contributed by atoms with Crippen LogP contribution in [0.3, 0.4) is 0 Å². The molecule has 1 amide bonds. The molecule has 1 aliphatic heterocycles. The van der Waals surface area contributed by atoms with E-state index in [0.29, 0.717) is 13.1 Å². The van der Waals surface area contributed by atoms with Gasteiger partial charge in [0.2, 0.25) is 0 Å². The van der Waals surface area contributed by atoms with Crippen molar-refractivity contribution in [2.75, 3.05) is 13.1 Å². The first-order valence-electron chi connectivity index (χ1n) is 6.77. The van der Waals surface area contributed by atoms with E-state index < -0.39 is 11.0 Å². The van der Waals surface area contributed by atoms with Gasteiger partial charge in [0.15, 0.2) is 0 Å². The maximum atomic E-state index is 10.9. The van der Waals surface area contributed by atoms with Crippen LogP contribution in [0.1, 0.15) is 11.6 Å². The number of likely N-dealkylation sites (tertiary alicyclic amines) is 1. The third-order valence-electron chi connectivity index (χ3n) is 3.85. The maximum Gasteiger partial charge on any atom is 0.407 e. The van der Waals surface area contributed by atoms with Crippen LogP contribution in [0.25, 0.3) is 0 Å². The lowest BCUT2D eigenvalue weighted by Gasteiger charge is -2.41. The Balaban J connectivity index is 1.90. The van der Waals surface area contributed by atoms with Gasteiger partial charge in [-0.1, -0.05) is 30.3 Å². The lowest BCUT2D eigenvalue weighted by molar-refractivity contribution is -0.385. The SMILES string of the molecule is O=C(O)N1CC([C@H](c2ccccc2)n2cc([N+](=O)[O-])cn2)C1. The molecule has 1 aromatic heterocycles. The fourth-order valence-electron chi connectivity index (χ4n) is 2.73. The lowest BCUT2D eigenvalue weighted by Crippen LogP contribution is -2.52. The molecule has 2 aromatic rings. The van der Waals surface area contributed by atoms with Crippen molar-refractivity contribution in [1.82, 2.24) is 14.7 Å². The molecule has 0 unspecified atom stereocenters. The van der Waals surface area contributed by atoms with Crippen LogP contribution < -0.4 is 0 Å². The third-order valence-corrected chi connectivity index (χ3v) is 3.85. The Morgan fingerprint density at radius 2 is 2.05 bits per heavy atom. The van der Waals surface area contributed by atoms with Crippen LogP contribution in [0.5, 0.6) is 0 Å². The van der Waals surface area contributed by atoms with Crippen molar-refractivity contribution in [2.24, 2.45) is 5.92 Å². The van der Waals surface area contributed by atoms with Gasteiger partial charge in [0, 0.05) is 19.0 Å². The summed E-state index contributed by atoms with van der Waals surface area (Å²) in [5.41, 5.74) is 0.880. The van der Waals surface area contributed by atoms with Gasteiger partial charge in [-0.05, 0) is 5.56 Å². The molecule has 22 heavy (non-hydrogen) atoms. The van der Waals surface area contributed by atoms with E-state index in [1.165, 1.54) is 17.3 Å². The molecule has 1 fully saturated rings. The molecule has 1 atom stereocenters. The minimum absolute atomic E-state index is 0.0398. The average molecular weight is 302 g/mol. The van der Waals surface area contributed by atoms with Gasteiger partial charge >= 0.3 is 11.8 Å². The predicted octanol–water partition coefficient (Wildman–Crippen LogP) is 1.99. The number of nitro groups is 1. The minimum Gasteiger partial charge on any atom is -0.465 e. The maximum absolute atomic E-state index is 10.9. The molecule has 8 nitrogen and oxygen atoms in total. The number of amides is 1. The summed E-state index contributed by atoms with van der Waals surface area (Å²) in [6.45, 7) is 0.783. The summed E-state index contributed by atoms with van der Waals surface area (Å²) >= 11 is 0.